The smallest absolute Gasteiger partial charge is 0.170 e. The van der Waals surface area contributed by atoms with Crippen molar-refractivity contribution in [3.63, 3.8) is 0 Å². The van der Waals surface area contributed by atoms with Crippen LogP contribution in [-0.4, -0.2) is 40.5 Å². The number of hydrogen-bond acceptors (Lipinski definition) is 4. The van der Waals surface area contributed by atoms with Gasteiger partial charge in [0.2, 0.25) is 0 Å². The molecule has 94 valence electrons. The molecule has 1 aliphatic rings. The molecule has 0 spiro atoms. The van der Waals surface area contributed by atoms with Crippen LogP contribution in [0.2, 0.25) is 0 Å². The van der Waals surface area contributed by atoms with Crippen molar-refractivity contribution in [1.29, 1.82) is 0 Å². The van der Waals surface area contributed by atoms with Gasteiger partial charge in [0.25, 0.3) is 0 Å². The molecule has 0 aromatic carbocycles. The Morgan fingerprint density at radius 3 is 3.11 bits per heavy atom. The molecule has 1 aliphatic heterocycles. The maximum Gasteiger partial charge on any atom is 0.170 e. The first-order valence-corrected chi connectivity index (χ1v) is 6.11. The van der Waals surface area contributed by atoms with Crippen LogP contribution in [-0.2, 0) is 0 Å². The topological polar surface area (TPSA) is 57.8 Å². The Labute approximate surface area is 105 Å². The van der Waals surface area contributed by atoms with E-state index in [1.54, 1.807) is 4.40 Å². The van der Waals surface area contributed by atoms with Gasteiger partial charge in [-0.15, -0.1) is 0 Å². The Hall–Kier alpha value is -1.88. The summed E-state index contributed by atoms with van der Waals surface area (Å²) >= 11 is 0. The second-order valence-electron chi connectivity index (χ2n) is 4.65. The number of carbonyl (C=O) groups is 1. The minimum Gasteiger partial charge on any atom is -0.396 e. The van der Waals surface area contributed by atoms with Crippen LogP contribution in [0.5, 0.6) is 0 Å². The van der Waals surface area contributed by atoms with Gasteiger partial charge < -0.3 is 10.0 Å². The molecule has 1 fully saturated rings. The fraction of sp³-hybridized carbons (Fsp3) is 0.385. The van der Waals surface area contributed by atoms with Gasteiger partial charge in [0, 0.05) is 31.8 Å². The van der Waals surface area contributed by atoms with Crippen LogP contribution >= 0.6 is 0 Å². The first-order chi connectivity index (χ1) is 8.83. The summed E-state index contributed by atoms with van der Waals surface area (Å²) in [4.78, 5) is 17.9. The fourth-order valence-corrected chi connectivity index (χ4v) is 2.52. The van der Waals surface area contributed by atoms with Crippen LogP contribution in [0.3, 0.4) is 0 Å². The van der Waals surface area contributed by atoms with E-state index >= 15 is 0 Å². The first kappa shape index (κ1) is 11.2. The van der Waals surface area contributed by atoms with E-state index in [2.05, 4.69) is 9.88 Å². The highest BCUT2D eigenvalue weighted by Crippen LogP contribution is 2.26. The van der Waals surface area contributed by atoms with Crippen molar-refractivity contribution in [2.45, 2.75) is 6.42 Å². The molecule has 18 heavy (non-hydrogen) atoms. The molecule has 2 aromatic heterocycles. The molecule has 0 aliphatic carbocycles. The molecule has 1 unspecified atom stereocenters. The lowest BCUT2D eigenvalue weighted by Crippen LogP contribution is -2.22. The Bertz CT molecular complexity index is 579. The number of aliphatic hydroxyl groups excluding tert-OH is 1. The molecule has 3 rings (SSSR count). The number of aromatic nitrogens is 2. The van der Waals surface area contributed by atoms with E-state index in [1.807, 2.05) is 24.4 Å². The highest BCUT2D eigenvalue weighted by atomic mass is 16.3. The maximum atomic E-state index is 11.3. The average molecular weight is 245 g/mol. The lowest BCUT2D eigenvalue weighted by molar-refractivity contribution is 0.111. The van der Waals surface area contributed by atoms with Crippen molar-refractivity contribution < 1.29 is 9.90 Å². The van der Waals surface area contributed by atoms with Crippen LogP contribution < -0.4 is 4.90 Å². The van der Waals surface area contributed by atoms with Crippen LogP contribution in [0.1, 0.15) is 16.9 Å². The number of anilines is 1. The van der Waals surface area contributed by atoms with Crippen molar-refractivity contribution >= 4 is 17.8 Å². The number of hydrogen-bond donors (Lipinski definition) is 1. The summed E-state index contributed by atoms with van der Waals surface area (Å²) in [5, 5.41) is 9.18. The Morgan fingerprint density at radius 1 is 1.50 bits per heavy atom. The number of aldehydes is 1. The predicted molar refractivity (Wildman–Crippen MR) is 68.0 cm³/mol. The average Bonchev–Trinajstić information content (AvgIpc) is 3.02. The minimum absolute atomic E-state index is 0.195. The Kier molecular flexibility index (Phi) is 2.76. The molecule has 0 amide bonds. The third-order valence-electron chi connectivity index (χ3n) is 3.50. The standard InChI is InChI=1S/C13H15N3O2/c17-8-10-4-6-15(7-10)13-11(9-18)16-5-2-1-3-12(16)14-13/h1-3,5,9-10,17H,4,6-8H2. The third-order valence-corrected chi connectivity index (χ3v) is 3.50. The van der Waals surface area contributed by atoms with Gasteiger partial charge in [-0.1, -0.05) is 6.07 Å². The van der Waals surface area contributed by atoms with Gasteiger partial charge in [-0.05, 0) is 18.6 Å². The second-order valence-corrected chi connectivity index (χ2v) is 4.65. The summed E-state index contributed by atoms with van der Waals surface area (Å²) in [7, 11) is 0. The summed E-state index contributed by atoms with van der Waals surface area (Å²) < 4.78 is 1.80. The summed E-state index contributed by atoms with van der Waals surface area (Å²) in [5.74, 6) is 1.02. The Balaban J connectivity index is 2.04. The largest absolute Gasteiger partial charge is 0.396 e. The zero-order valence-electron chi connectivity index (χ0n) is 9.99. The van der Waals surface area contributed by atoms with Gasteiger partial charge in [-0.3, -0.25) is 9.20 Å². The van der Waals surface area contributed by atoms with Gasteiger partial charge in [-0.2, -0.15) is 0 Å². The van der Waals surface area contributed by atoms with Gasteiger partial charge in [0.1, 0.15) is 11.3 Å². The summed E-state index contributed by atoms with van der Waals surface area (Å²) in [5.41, 5.74) is 1.37. The molecular formula is C13H15N3O2. The molecule has 1 N–H and O–H groups in total. The van der Waals surface area contributed by atoms with E-state index in [0.717, 1.165) is 37.3 Å². The van der Waals surface area contributed by atoms with E-state index in [4.69, 9.17) is 0 Å². The molecule has 5 nitrogen and oxygen atoms in total. The van der Waals surface area contributed by atoms with Crippen LogP contribution in [0, 0.1) is 5.92 Å². The quantitative estimate of drug-likeness (QED) is 0.818. The van der Waals surface area contributed by atoms with E-state index in [-0.39, 0.29) is 12.5 Å². The van der Waals surface area contributed by atoms with E-state index < -0.39 is 0 Å². The van der Waals surface area contributed by atoms with Crippen molar-refractivity contribution in [3.8, 4) is 0 Å². The van der Waals surface area contributed by atoms with Crippen molar-refractivity contribution in [3.05, 3.63) is 30.1 Å². The van der Waals surface area contributed by atoms with Gasteiger partial charge in [-0.25, -0.2) is 4.98 Å². The Morgan fingerprint density at radius 2 is 2.39 bits per heavy atom. The van der Waals surface area contributed by atoms with Gasteiger partial charge >= 0.3 is 0 Å². The number of aliphatic hydroxyl groups is 1. The number of carbonyl (C=O) groups excluding carboxylic acids is 1. The minimum atomic E-state index is 0.195. The SMILES string of the molecule is O=Cc1c(N2CCC(CO)C2)nc2ccccn12. The van der Waals surface area contributed by atoms with Crippen LogP contribution in [0.15, 0.2) is 24.4 Å². The summed E-state index contributed by atoms with van der Waals surface area (Å²) in [6.45, 7) is 1.80. The summed E-state index contributed by atoms with van der Waals surface area (Å²) in [6, 6.07) is 5.67. The van der Waals surface area contributed by atoms with Crippen molar-refractivity contribution in [2.24, 2.45) is 5.92 Å². The van der Waals surface area contributed by atoms with Crippen molar-refractivity contribution in [2.75, 3.05) is 24.6 Å². The normalized spacial score (nSPS) is 19.6. The number of nitrogens with zero attached hydrogens (tertiary/aromatic N) is 3. The lowest BCUT2D eigenvalue weighted by Gasteiger charge is -2.15. The number of fused-ring (bicyclic) bond motifs is 1. The third kappa shape index (κ3) is 1.67. The summed E-state index contributed by atoms with van der Waals surface area (Å²) in [6.07, 6.45) is 3.64. The molecule has 0 bridgehead atoms. The molecule has 2 aromatic rings. The maximum absolute atomic E-state index is 11.3. The van der Waals surface area contributed by atoms with E-state index in [0.29, 0.717) is 5.69 Å². The van der Waals surface area contributed by atoms with Crippen LogP contribution in [0.4, 0.5) is 5.82 Å². The number of rotatable bonds is 3. The number of imidazole rings is 1. The molecule has 1 atom stereocenters. The molecule has 3 heterocycles. The highest BCUT2D eigenvalue weighted by molar-refractivity contribution is 5.83. The number of pyridine rings is 1. The van der Waals surface area contributed by atoms with Crippen LogP contribution in [0.25, 0.3) is 5.65 Å². The fourth-order valence-electron chi connectivity index (χ4n) is 2.52. The zero-order valence-corrected chi connectivity index (χ0v) is 9.99. The molecule has 5 heteroatoms. The van der Waals surface area contributed by atoms with E-state index in [1.165, 1.54) is 0 Å². The molecule has 1 saturated heterocycles. The molecule has 0 radical (unpaired) electrons. The highest BCUT2D eigenvalue weighted by Gasteiger charge is 2.26. The second kappa shape index (κ2) is 4.42. The monoisotopic (exact) mass is 245 g/mol. The molecular weight excluding hydrogens is 230 g/mol. The molecule has 0 saturated carbocycles. The first-order valence-electron chi connectivity index (χ1n) is 6.11. The van der Waals surface area contributed by atoms with Gasteiger partial charge in [0.15, 0.2) is 12.1 Å². The van der Waals surface area contributed by atoms with E-state index in [9.17, 15) is 9.90 Å². The van der Waals surface area contributed by atoms with Crippen molar-refractivity contribution in [1.82, 2.24) is 9.38 Å². The van der Waals surface area contributed by atoms with Gasteiger partial charge in [0.05, 0.1) is 0 Å². The zero-order chi connectivity index (χ0) is 12.5. The predicted octanol–water partition coefficient (Wildman–Crippen LogP) is 0.965. The lowest BCUT2D eigenvalue weighted by atomic mass is 10.1.